The van der Waals surface area contributed by atoms with Gasteiger partial charge < -0.3 is 5.32 Å². The van der Waals surface area contributed by atoms with Gasteiger partial charge in [0.2, 0.25) is 16.0 Å². The molecule has 1 fully saturated rings. The summed E-state index contributed by atoms with van der Waals surface area (Å²) in [5.74, 6) is 1.05. The van der Waals surface area contributed by atoms with E-state index in [2.05, 4.69) is 26.9 Å². The van der Waals surface area contributed by atoms with Crippen LogP contribution < -0.4 is 10.0 Å². The fraction of sp³-hybridized carbons (Fsp3) is 0.909. The number of hydrogen-bond donors (Lipinski definition) is 2. The minimum atomic E-state index is -3.24. The molecular formula is C11H22N4O2S. The Hall–Kier alpha value is -0.820. The number of nitrogens with one attached hydrogen (secondary N) is 2. The molecule has 1 aliphatic carbocycles. The van der Waals surface area contributed by atoms with Crippen LogP contribution in [0.25, 0.3) is 0 Å². The molecular weight excluding hydrogens is 252 g/mol. The first-order chi connectivity index (χ1) is 8.46. The van der Waals surface area contributed by atoms with Crippen molar-refractivity contribution in [2.45, 2.75) is 38.6 Å². The van der Waals surface area contributed by atoms with E-state index in [4.69, 9.17) is 0 Å². The molecule has 0 saturated heterocycles. The van der Waals surface area contributed by atoms with Crippen LogP contribution in [0, 0.1) is 5.92 Å². The van der Waals surface area contributed by atoms with Gasteiger partial charge in [0.25, 0.3) is 0 Å². The van der Waals surface area contributed by atoms with Gasteiger partial charge >= 0.3 is 0 Å². The summed E-state index contributed by atoms with van der Waals surface area (Å²) >= 11 is 0. The van der Waals surface area contributed by atoms with Crippen LogP contribution in [-0.4, -0.2) is 44.9 Å². The first-order valence-corrected chi connectivity index (χ1v) is 8.35. The number of guanidine groups is 1. The normalized spacial score (nSPS) is 30.4. The topological polar surface area (TPSA) is 73.8 Å². The van der Waals surface area contributed by atoms with Crippen LogP contribution in [0.4, 0.5) is 0 Å². The summed E-state index contributed by atoms with van der Waals surface area (Å²) in [5.41, 5.74) is 0. The Morgan fingerprint density at radius 2 is 2.11 bits per heavy atom. The van der Waals surface area contributed by atoms with Crippen LogP contribution in [0.3, 0.4) is 0 Å². The van der Waals surface area contributed by atoms with Gasteiger partial charge in [0.15, 0.2) is 0 Å². The van der Waals surface area contributed by atoms with Crippen LogP contribution in [0.1, 0.15) is 32.6 Å². The van der Waals surface area contributed by atoms with Crippen molar-refractivity contribution >= 4 is 16.0 Å². The molecule has 0 radical (unpaired) electrons. The maximum atomic E-state index is 11.1. The number of nitrogens with zero attached hydrogens (tertiary/aromatic N) is 2. The lowest BCUT2D eigenvalue weighted by Crippen LogP contribution is -2.54. The fourth-order valence-corrected chi connectivity index (χ4v) is 3.24. The zero-order valence-corrected chi connectivity index (χ0v) is 11.8. The van der Waals surface area contributed by atoms with Crippen LogP contribution >= 0.6 is 0 Å². The van der Waals surface area contributed by atoms with E-state index in [1.165, 1.54) is 25.7 Å². The van der Waals surface area contributed by atoms with Crippen LogP contribution in [-0.2, 0) is 10.0 Å². The molecule has 2 atom stereocenters. The van der Waals surface area contributed by atoms with Gasteiger partial charge in [-0.25, -0.2) is 13.4 Å². The van der Waals surface area contributed by atoms with E-state index in [1.54, 1.807) is 0 Å². The van der Waals surface area contributed by atoms with Gasteiger partial charge in [0, 0.05) is 6.04 Å². The molecule has 2 rings (SSSR count). The average Bonchev–Trinajstić information content (AvgIpc) is 2.29. The van der Waals surface area contributed by atoms with Crippen LogP contribution in [0.2, 0.25) is 0 Å². The maximum Gasteiger partial charge on any atom is 0.232 e. The molecule has 0 bridgehead atoms. The van der Waals surface area contributed by atoms with E-state index in [-0.39, 0.29) is 0 Å². The molecule has 0 aromatic rings. The lowest BCUT2D eigenvalue weighted by Gasteiger charge is -2.39. The first kappa shape index (κ1) is 13.6. The maximum absolute atomic E-state index is 11.1. The molecule has 1 aliphatic heterocycles. The molecule has 1 saturated carbocycles. The van der Waals surface area contributed by atoms with E-state index in [1.807, 2.05) is 0 Å². The number of rotatable bonds is 2. The number of sulfonamides is 1. The summed E-state index contributed by atoms with van der Waals surface area (Å²) in [6.45, 7) is 3.52. The second kappa shape index (κ2) is 5.44. The monoisotopic (exact) mass is 274 g/mol. The molecule has 0 aromatic carbocycles. The zero-order chi connectivity index (χ0) is 13.2. The summed E-state index contributed by atoms with van der Waals surface area (Å²) in [4.78, 5) is 6.54. The van der Waals surface area contributed by atoms with Crippen LogP contribution in [0.5, 0.6) is 0 Å². The summed E-state index contributed by atoms with van der Waals surface area (Å²) in [6, 6.07) is 0.565. The molecule has 2 aliphatic rings. The second-order valence-corrected chi connectivity index (χ2v) is 7.02. The molecule has 1 heterocycles. The van der Waals surface area contributed by atoms with Gasteiger partial charge in [0.05, 0.1) is 19.6 Å². The Labute approximate surface area is 109 Å². The molecule has 104 valence electrons. The molecule has 7 heteroatoms. The Balaban J connectivity index is 1.92. The Morgan fingerprint density at radius 3 is 2.67 bits per heavy atom. The standard InChI is InChI=1S/C11H22N4O2S/c1-9-5-3-4-6-10(9)15-7-12-11(13-8-15)14-18(2,16)17/h9-10H,3-8H2,1-2H3,(H2,12,13,14)/t9-,10-/m1/s1. The summed E-state index contributed by atoms with van der Waals surface area (Å²) in [5, 5.41) is 3.03. The lowest BCUT2D eigenvalue weighted by molar-refractivity contribution is 0.106. The van der Waals surface area contributed by atoms with E-state index in [0.717, 1.165) is 6.26 Å². The summed E-state index contributed by atoms with van der Waals surface area (Å²) < 4.78 is 24.6. The van der Waals surface area contributed by atoms with Gasteiger partial charge in [-0.1, -0.05) is 19.8 Å². The highest BCUT2D eigenvalue weighted by molar-refractivity contribution is 7.89. The van der Waals surface area contributed by atoms with Crippen molar-refractivity contribution in [2.24, 2.45) is 10.9 Å². The largest absolute Gasteiger partial charge is 0.343 e. The SMILES string of the molecule is C[C@@H]1CCCC[C@H]1N1CN=C(NS(C)(=O)=O)NC1. The molecule has 0 spiro atoms. The smallest absolute Gasteiger partial charge is 0.232 e. The van der Waals surface area contributed by atoms with Gasteiger partial charge in [-0.3, -0.25) is 9.62 Å². The van der Waals surface area contributed by atoms with Crippen molar-refractivity contribution in [3.63, 3.8) is 0 Å². The molecule has 2 N–H and O–H groups in total. The highest BCUT2D eigenvalue weighted by Gasteiger charge is 2.28. The minimum Gasteiger partial charge on any atom is -0.343 e. The minimum absolute atomic E-state index is 0.359. The predicted octanol–water partition coefficient (Wildman–Crippen LogP) is 0.291. The second-order valence-electron chi connectivity index (χ2n) is 5.28. The Kier molecular flexibility index (Phi) is 4.11. The van der Waals surface area contributed by atoms with Crippen molar-refractivity contribution in [2.75, 3.05) is 19.6 Å². The molecule has 18 heavy (non-hydrogen) atoms. The van der Waals surface area contributed by atoms with Gasteiger partial charge in [-0.2, -0.15) is 0 Å². The summed E-state index contributed by atoms with van der Waals surface area (Å²) in [7, 11) is -3.24. The highest BCUT2D eigenvalue weighted by Crippen LogP contribution is 2.28. The van der Waals surface area contributed by atoms with E-state index < -0.39 is 10.0 Å². The third-order valence-corrected chi connectivity index (χ3v) is 4.24. The quantitative estimate of drug-likeness (QED) is 0.759. The zero-order valence-electron chi connectivity index (χ0n) is 11.0. The number of hydrogen-bond acceptors (Lipinski definition) is 5. The van der Waals surface area contributed by atoms with Gasteiger partial charge in [-0.15, -0.1) is 0 Å². The fourth-order valence-electron chi connectivity index (χ4n) is 2.75. The van der Waals surface area contributed by atoms with E-state index in [0.29, 0.717) is 31.3 Å². The third-order valence-electron chi connectivity index (χ3n) is 3.68. The summed E-state index contributed by atoms with van der Waals surface area (Å²) in [6.07, 6.45) is 6.23. The first-order valence-electron chi connectivity index (χ1n) is 6.46. The van der Waals surface area contributed by atoms with Crippen molar-refractivity contribution in [3.05, 3.63) is 0 Å². The molecule has 0 unspecified atom stereocenters. The molecule has 0 aromatic heterocycles. The highest BCUT2D eigenvalue weighted by atomic mass is 32.2. The van der Waals surface area contributed by atoms with Crippen molar-refractivity contribution in [1.82, 2.24) is 14.9 Å². The molecule has 0 amide bonds. The van der Waals surface area contributed by atoms with Gasteiger partial charge in [-0.05, 0) is 18.8 Å². The van der Waals surface area contributed by atoms with Crippen molar-refractivity contribution in [1.29, 1.82) is 0 Å². The van der Waals surface area contributed by atoms with Crippen LogP contribution in [0.15, 0.2) is 4.99 Å². The van der Waals surface area contributed by atoms with Crippen molar-refractivity contribution < 1.29 is 8.42 Å². The van der Waals surface area contributed by atoms with Crippen molar-refractivity contribution in [3.8, 4) is 0 Å². The average molecular weight is 274 g/mol. The Bertz CT molecular complexity index is 421. The van der Waals surface area contributed by atoms with E-state index >= 15 is 0 Å². The predicted molar refractivity (Wildman–Crippen MR) is 71.5 cm³/mol. The van der Waals surface area contributed by atoms with Gasteiger partial charge in [0.1, 0.15) is 0 Å². The number of aliphatic imine (C=N–C) groups is 1. The third kappa shape index (κ3) is 3.58. The molecule has 6 nitrogen and oxygen atoms in total. The van der Waals surface area contributed by atoms with E-state index in [9.17, 15) is 8.42 Å². The Morgan fingerprint density at radius 1 is 1.39 bits per heavy atom. The lowest BCUT2D eigenvalue weighted by atomic mass is 9.85.